The lowest BCUT2D eigenvalue weighted by Gasteiger charge is -2.20. The molecule has 1 atom stereocenters. The van der Waals surface area contributed by atoms with Crippen molar-refractivity contribution in [3.8, 4) is 0 Å². The number of para-hydroxylation sites is 1. The zero-order chi connectivity index (χ0) is 16.1. The van der Waals surface area contributed by atoms with Crippen molar-refractivity contribution in [2.75, 3.05) is 18.4 Å². The second-order valence-electron chi connectivity index (χ2n) is 5.99. The first-order valence-electron chi connectivity index (χ1n) is 8.21. The average Bonchev–Trinajstić information content (AvgIpc) is 3.11. The topological polar surface area (TPSA) is 33.5 Å². The Morgan fingerprint density at radius 3 is 2.43 bits per heavy atom. The summed E-state index contributed by atoms with van der Waals surface area (Å²) in [4.78, 5) is 16.2. The largest absolute Gasteiger partial charge is 0.325 e. The highest BCUT2D eigenvalue weighted by Crippen LogP contribution is 2.33. The predicted octanol–water partition coefficient (Wildman–Crippen LogP) is 2.84. The smallest absolute Gasteiger partial charge is 0.282 e. The molecule has 0 aromatic heterocycles. The summed E-state index contributed by atoms with van der Waals surface area (Å²) in [6.45, 7) is 4.24. The van der Waals surface area contributed by atoms with Crippen LogP contribution in [-0.4, -0.2) is 25.0 Å². The van der Waals surface area contributed by atoms with Gasteiger partial charge in [-0.1, -0.05) is 42.1 Å². The van der Waals surface area contributed by atoms with E-state index in [1.807, 2.05) is 43.3 Å². The summed E-state index contributed by atoms with van der Waals surface area (Å²) in [7, 11) is 0. The lowest BCUT2D eigenvalue weighted by molar-refractivity contribution is -0.901. The molecular formula is C19H23N2OS+. The van der Waals surface area contributed by atoms with Crippen LogP contribution in [0.25, 0.3) is 0 Å². The number of likely N-dealkylation sites (tertiary alicyclic amines) is 1. The van der Waals surface area contributed by atoms with Crippen molar-refractivity contribution in [2.24, 2.45) is 0 Å². The molecule has 0 bridgehead atoms. The lowest BCUT2D eigenvalue weighted by Crippen LogP contribution is -3.14. The third-order valence-corrected chi connectivity index (χ3v) is 5.45. The van der Waals surface area contributed by atoms with Crippen LogP contribution in [0.4, 0.5) is 5.69 Å². The Labute approximate surface area is 142 Å². The highest BCUT2D eigenvalue weighted by Gasteiger charge is 2.28. The Bertz CT molecular complexity index is 653. The molecule has 3 nitrogen and oxygen atoms in total. The number of carbonyl (C=O) groups is 1. The zero-order valence-electron chi connectivity index (χ0n) is 13.4. The number of nitrogens with one attached hydrogen (secondary N) is 2. The monoisotopic (exact) mass is 327 g/mol. The van der Waals surface area contributed by atoms with Gasteiger partial charge < -0.3 is 10.2 Å². The Kier molecular flexibility index (Phi) is 5.36. The Hall–Kier alpha value is -1.78. The van der Waals surface area contributed by atoms with Crippen LogP contribution < -0.4 is 10.2 Å². The van der Waals surface area contributed by atoms with Gasteiger partial charge in [0.25, 0.3) is 5.91 Å². The Morgan fingerprint density at radius 2 is 1.70 bits per heavy atom. The highest BCUT2D eigenvalue weighted by atomic mass is 32.2. The van der Waals surface area contributed by atoms with Crippen molar-refractivity contribution in [3.63, 3.8) is 0 Å². The molecule has 0 saturated carbocycles. The molecule has 2 N–H and O–H groups in total. The fourth-order valence-corrected chi connectivity index (χ4v) is 3.89. The second-order valence-corrected chi connectivity index (χ2v) is 7.10. The van der Waals surface area contributed by atoms with Gasteiger partial charge in [-0.15, -0.1) is 0 Å². The predicted molar refractivity (Wildman–Crippen MR) is 95.0 cm³/mol. The summed E-state index contributed by atoms with van der Waals surface area (Å²) in [5, 5.41) is 3.13. The van der Waals surface area contributed by atoms with Gasteiger partial charge in [0.1, 0.15) is 0 Å². The van der Waals surface area contributed by atoms with Crippen molar-refractivity contribution < 1.29 is 9.69 Å². The summed E-state index contributed by atoms with van der Waals surface area (Å²) < 4.78 is 0. The normalized spacial score (nSPS) is 16.2. The van der Waals surface area contributed by atoms with Crippen molar-refractivity contribution >= 4 is 23.4 Å². The Morgan fingerprint density at radius 1 is 1.04 bits per heavy atom. The van der Waals surface area contributed by atoms with Gasteiger partial charge in [0.2, 0.25) is 0 Å². The van der Waals surface area contributed by atoms with E-state index in [1.54, 1.807) is 11.8 Å². The highest BCUT2D eigenvalue weighted by molar-refractivity contribution is 7.99. The van der Waals surface area contributed by atoms with Crippen LogP contribution in [0.1, 0.15) is 19.8 Å². The number of benzene rings is 2. The third kappa shape index (κ3) is 4.15. The van der Waals surface area contributed by atoms with Crippen LogP contribution in [0, 0.1) is 0 Å². The van der Waals surface area contributed by atoms with E-state index in [4.69, 9.17) is 0 Å². The van der Waals surface area contributed by atoms with Crippen molar-refractivity contribution in [3.05, 3.63) is 54.6 Å². The maximum absolute atomic E-state index is 12.6. The van der Waals surface area contributed by atoms with E-state index in [-0.39, 0.29) is 11.9 Å². The molecule has 4 heteroatoms. The standard InChI is InChI=1S/C19H22N2OS/c1-15(21-13-7-8-14-21)19(22)20-17-11-5-6-12-18(17)23-16-9-3-2-4-10-16/h2-6,9-12,15H,7-8,13-14H2,1H3,(H,20,22)/p+1/t15-/m1/s1. The van der Waals surface area contributed by atoms with Crippen LogP contribution in [0.5, 0.6) is 0 Å². The van der Waals surface area contributed by atoms with Crippen LogP contribution in [0.3, 0.4) is 0 Å². The van der Waals surface area contributed by atoms with E-state index >= 15 is 0 Å². The molecule has 0 radical (unpaired) electrons. The molecule has 0 spiro atoms. The van der Waals surface area contributed by atoms with Gasteiger partial charge in [0.05, 0.1) is 18.8 Å². The van der Waals surface area contributed by atoms with E-state index in [9.17, 15) is 4.79 Å². The summed E-state index contributed by atoms with van der Waals surface area (Å²) in [6.07, 6.45) is 2.46. The molecule has 1 aliphatic heterocycles. The summed E-state index contributed by atoms with van der Waals surface area (Å²) in [5.74, 6) is 0.114. The molecule has 2 aromatic carbocycles. The van der Waals surface area contributed by atoms with Crippen molar-refractivity contribution in [1.29, 1.82) is 0 Å². The molecule has 2 aromatic rings. The molecule has 1 heterocycles. The molecule has 3 rings (SSSR count). The van der Waals surface area contributed by atoms with Crippen molar-refractivity contribution in [1.82, 2.24) is 0 Å². The van der Waals surface area contributed by atoms with E-state index < -0.39 is 0 Å². The van der Waals surface area contributed by atoms with E-state index in [0.29, 0.717) is 0 Å². The van der Waals surface area contributed by atoms with Crippen molar-refractivity contribution in [2.45, 2.75) is 35.6 Å². The van der Waals surface area contributed by atoms with E-state index in [1.165, 1.54) is 22.6 Å². The fraction of sp³-hybridized carbons (Fsp3) is 0.316. The fourth-order valence-electron chi connectivity index (χ4n) is 2.96. The first kappa shape index (κ1) is 16.1. The molecule has 23 heavy (non-hydrogen) atoms. The number of anilines is 1. The zero-order valence-corrected chi connectivity index (χ0v) is 14.2. The molecular weight excluding hydrogens is 304 g/mol. The lowest BCUT2D eigenvalue weighted by atomic mass is 10.2. The number of rotatable bonds is 5. The van der Waals surface area contributed by atoms with Gasteiger partial charge in [-0.05, 0) is 31.2 Å². The van der Waals surface area contributed by atoms with Gasteiger partial charge in [0.15, 0.2) is 6.04 Å². The summed E-state index contributed by atoms with van der Waals surface area (Å²) in [6, 6.07) is 18.3. The number of amides is 1. The van der Waals surface area contributed by atoms with Gasteiger partial charge in [-0.25, -0.2) is 0 Å². The van der Waals surface area contributed by atoms with Crippen LogP contribution in [0.2, 0.25) is 0 Å². The van der Waals surface area contributed by atoms with Crippen LogP contribution in [0.15, 0.2) is 64.4 Å². The first-order valence-corrected chi connectivity index (χ1v) is 9.03. The van der Waals surface area contributed by atoms with Crippen LogP contribution in [-0.2, 0) is 4.79 Å². The minimum atomic E-state index is 0.00674. The summed E-state index contributed by atoms with van der Waals surface area (Å²) in [5.41, 5.74) is 0.900. The molecule has 0 aliphatic carbocycles. The number of hydrogen-bond acceptors (Lipinski definition) is 2. The number of quaternary nitrogens is 1. The quantitative estimate of drug-likeness (QED) is 0.885. The van der Waals surface area contributed by atoms with E-state index in [0.717, 1.165) is 23.7 Å². The van der Waals surface area contributed by atoms with Gasteiger partial charge in [-0.2, -0.15) is 0 Å². The maximum atomic E-state index is 12.6. The molecule has 1 amide bonds. The summed E-state index contributed by atoms with van der Waals surface area (Å²) >= 11 is 1.68. The molecule has 1 aliphatic rings. The minimum Gasteiger partial charge on any atom is -0.325 e. The molecule has 1 saturated heterocycles. The first-order chi connectivity index (χ1) is 11.2. The van der Waals surface area contributed by atoms with Gasteiger partial charge in [-0.3, -0.25) is 4.79 Å². The number of hydrogen-bond donors (Lipinski definition) is 2. The maximum Gasteiger partial charge on any atom is 0.282 e. The molecule has 120 valence electrons. The van der Waals surface area contributed by atoms with Crippen LogP contribution >= 0.6 is 11.8 Å². The SMILES string of the molecule is C[C@H](C(=O)Nc1ccccc1Sc1ccccc1)[NH+]1CCCC1. The third-order valence-electron chi connectivity index (χ3n) is 4.37. The average molecular weight is 327 g/mol. The minimum absolute atomic E-state index is 0.00674. The second kappa shape index (κ2) is 7.66. The van der Waals surface area contributed by atoms with Gasteiger partial charge in [0, 0.05) is 22.6 Å². The van der Waals surface area contributed by atoms with E-state index in [2.05, 4.69) is 23.5 Å². The van der Waals surface area contributed by atoms with Gasteiger partial charge >= 0.3 is 0 Å². The Balaban J connectivity index is 1.71. The molecule has 0 unspecified atom stereocenters. The number of carbonyl (C=O) groups excluding carboxylic acids is 1. The molecule has 1 fully saturated rings.